The van der Waals surface area contributed by atoms with Crippen LogP contribution in [-0.4, -0.2) is 20.5 Å². The minimum atomic E-state index is -0.0866. The fraction of sp³-hybridized carbons (Fsp3) is 0.778. The third-order valence-corrected chi connectivity index (χ3v) is 1.74. The minimum absolute atomic E-state index is 0.0866. The van der Waals surface area contributed by atoms with Crippen LogP contribution in [0.1, 0.15) is 26.7 Å². The van der Waals surface area contributed by atoms with E-state index in [2.05, 4.69) is 19.9 Å². The zero-order chi connectivity index (χ0) is 8.69. The van der Waals surface area contributed by atoms with Gasteiger partial charge in [-0.1, -0.05) is 18.6 Å². The Bertz CT molecular complexity index is 115. The summed E-state index contributed by atoms with van der Waals surface area (Å²) in [6.07, 6.45) is 4.00. The lowest BCUT2D eigenvalue weighted by atomic mass is 10.2. The van der Waals surface area contributed by atoms with E-state index in [0.717, 1.165) is 12.8 Å². The highest BCUT2D eigenvalue weighted by Crippen LogP contribution is 2.04. The second-order valence-electron chi connectivity index (χ2n) is 2.54. The molecule has 66 valence electrons. The van der Waals surface area contributed by atoms with Gasteiger partial charge in [0, 0.05) is 20.6 Å². The van der Waals surface area contributed by atoms with Gasteiger partial charge in [0.1, 0.15) is 0 Å². The average molecular weight is 158 g/mol. The lowest BCUT2D eigenvalue weighted by Gasteiger charge is -2.10. The van der Waals surface area contributed by atoms with E-state index in [0.29, 0.717) is 0 Å². The summed E-state index contributed by atoms with van der Waals surface area (Å²) in [5.41, 5.74) is 1.38. The molecule has 0 aliphatic rings. The number of methoxy groups -OCH3 is 2. The summed E-state index contributed by atoms with van der Waals surface area (Å²) in [5.74, 6) is 0. The molecular weight excluding hydrogens is 140 g/mol. The fourth-order valence-electron chi connectivity index (χ4n) is 0.730. The molecule has 0 amide bonds. The van der Waals surface area contributed by atoms with Crippen LogP contribution in [0.25, 0.3) is 0 Å². The molecule has 0 unspecified atom stereocenters. The zero-order valence-electron chi connectivity index (χ0n) is 7.89. The summed E-state index contributed by atoms with van der Waals surface area (Å²) in [4.78, 5) is 0. The highest BCUT2D eigenvalue weighted by atomic mass is 16.7. The Morgan fingerprint density at radius 1 is 1.36 bits per heavy atom. The molecule has 0 aliphatic carbocycles. The molecule has 0 rings (SSSR count). The van der Waals surface area contributed by atoms with E-state index in [1.165, 1.54) is 5.57 Å². The van der Waals surface area contributed by atoms with Crippen molar-refractivity contribution in [2.45, 2.75) is 33.0 Å². The Labute approximate surface area is 69.2 Å². The van der Waals surface area contributed by atoms with Gasteiger partial charge in [-0.2, -0.15) is 0 Å². The maximum atomic E-state index is 5.03. The average Bonchev–Trinajstić information content (AvgIpc) is 2.06. The molecule has 0 saturated carbocycles. The summed E-state index contributed by atoms with van der Waals surface area (Å²) in [6.45, 7) is 4.25. The van der Waals surface area contributed by atoms with Gasteiger partial charge in [0.05, 0.1) is 0 Å². The Morgan fingerprint density at radius 3 is 2.27 bits per heavy atom. The third kappa shape index (κ3) is 4.99. The van der Waals surface area contributed by atoms with E-state index in [-0.39, 0.29) is 6.29 Å². The molecule has 0 N–H and O–H groups in total. The van der Waals surface area contributed by atoms with Gasteiger partial charge < -0.3 is 9.47 Å². The molecule has 0 atom stereocenters. The molecule has 0 bridgehead atoms. The van der Waals surface area contributed by atoms with Gasteiger partial charge in [0.25, 0.3) is 0 Å². The van der Waals surface area contributed by atoms with Crippen LogP contribution >= 0.6 is 0 Å². The molecule has 0 aromatic rings. The van der Waals surface area contributed by atoms with Crippen molar-refractivity contribution in [1.29, 1.82) is 0 Å². The number of rotatable bonds is 5. The van der Waals surface area contributed by atoms with Gasteiger partial charge in [-0.15, -0.1) is 0 Å². The predicted molar refractivity (Wildman–Crippen MR) is 46.5 cm³/mol. The quantitative estimate of drug-likeness (QED) is 0.451. The highest BCUT2D eigenvalue weighted by Gasteiger charge is 2.00. The monoisotopic (exact) mass is 158 g/mol. The van der Waals surface area contributed by atoms with E-state index >= 15 is 0 Å². The van der Waals surface area contributed by atoms with Crippen molar-refractivity contribution < 1.29 is 9.47 Å². The molecule has 0 radical (unpaired) electrons. The van der Waals surface area contributed by atoms with E-state index in [9.17, 15) is 0 Å². The second kappa shape index (κ2) is 6.38. The van der Waals surface area contributed by atoms with Crippen LogP contribution in [0.4, 0.5) is 0 Å². The van der Waals surface area contributed by atoms with Gasteiger partial charge in [0.2, 0.25) is 0 Å². The number of allylic oxidation sites excluding steroid dienone is 1. The Hall–Kier alpha value is -0.340. The van der Waals surface area contributed by atoms with Crippen LogP contribution in [0.5, 0.6) is 0 Å². The summed E-state index contributed by atoms with van der Waals surface area (Å²) in [7, 11) is 3.31. The molecule has 2 nitrogen and oxygen atoms in total. The predicted octanol–water partition coefficient (Wildman–Crippen LogP) is 2.35. The SMILES string of the molecule is CC/C(C)=C\CC(OC)OC. The van der Waals surface area contributed by atoms with Crippen molar-refractivity contribution in [3.8, 4) is 0 Å². The van der Waals surface area contributed by atoms with Gasteiger partial charge in [-0.05, 0) is 13.3 Å². The van der Waals surface area contributed by atoms with Crippen molar-refractivity contribution in [1.82, 2.24) is 0 Å². The minimum Gasteiger partial charge on any atom is -0.356 e. The van der Waals surface area contributed by atoms with Crippen LogP contribution in [0.15, 0.2) is 11.6 Å². The Balaban J connectivity index is 3.65. The third-order valence-electron chi connectivity index (χ3n) is 1.74. The number of hydrogen-bond donors (Lipinski definition) is 0. The van der Waals surface area contributed by atoms with Crippen LogP contribution in [0, 0.1) is 0 Å². The summed E-state index contributed by atoms with van der Waals surface area (Å²) in [5, 5.41) is 0. The lowest BCUT2D eigenvalue weighted by molar-refractivity contribution is -0.0987. The fourth-order valence-corrected chi connectivity index (χ4v) is 0.730. The molecule has 0 aromatic heterocycles. The maximum absolute atomic E-state index is 5.03. The molecule has 0 aliphatic heterocycles. The first kappa shape index (κ1) is 10.7. The molecular formula is C9H18O2. The van der Waals surface area contributed by atoms with Gasteiger partial charge in [-0.25, -0.2) is 0 Å². The standard InChI is InChI=1S/C9H18O2/c1-5-8(2)6-7-9(10-3)11-4/h6,9H,5,7H2,1-4H3/b8-6-. The molecule has 11 heavy (non-hydrogen) atoms. The Kier molecular flexibility index (Phi) is 6.18. The van der Waals surface area contributed by atoms with Crippen molar-refractivity contribution in [3.63, 3.8) is 0 Å². The Morgan fingerprint density at radius 2 is 1.91 bits per heavy atom. The van der Waals surface area contributed by atoms with Crippen LogP contribution < -0.4 is 0 Å². The normalized spacial score (nSPS) is 12.6. The van der Waals surface area contributed by atoms with Gasteiger partial charge in [-0.3, -0.25) is 0 Å². The van der Waals surface area contributed by atoms with E-state index in [1.807, 2.05) is 0 Å². The summed E-state index contributed by atoms with van der Waals surface area (Å²) < 4.78 is 10.1. The summed E-state index contributed by atoms with van der Waals surface area (Å²) in [6, 6.07) is 0. The smallest absolute Gasteiger partial charge is 0.160 e. The highest BCUT2D eigenvalue weighted by molar-refractivity contribution is 4.96. The molecule has 0 spiro atoms. The maximum Gasteiger partial charge on any atom is 0.160 e. The van der Waals surface area contributed by atoms with Gasteiger partial charge >= 0.3 is 0 Å². The molecule has 2 heteroatoms. The second-order valence-corrected chi connectivity index (χ2v) is 2.54. The number of hydrogen-bond acceptors (Lipinski definition) is 2. The lowest BCUT2D eigenvalue weighted by Crippen LogP contribution is -2.11. The van der Waals surface area contributed by atoms with Crippen molar-refractivity contribution >= 4 is 0 Å². The molecule has 0 aromatic carbocycles. The first-order valence-corrected chi connectivity index (χ1v) is 3.95. The van der Waals surface area contributed by atoms with Gasteiger partial charge in [0.15, 0.2) is 6.29 Å². The van der Waals surface area contributed by atoms with Crippen LogP contribution in [-0.2, 0) is 9.47 Å². The van der Waals surface area contributed by atoms with E-state index in [1.54, 1.807) is 14.2 Å². The van der Waals surface area contributed by atoms with E-state index in [4.69, 9.17) is 9.47 Å². The number of ether oxygens (including phenoxy) is 2. The van der Waals surface area contributed by atoms with Crippen molar-refractivity contribution in [2.75, 3.05) is 14.2 Å². The topological polar surface area (TPSA) is 18.5 Å². The molecule has 0 saturated heterocycles. The van der Waals surface area contributed by atoms with Crippen LogP contribution in [0.3, 0.4) is 0 Å². The van der Waals surface area contributed by atoms with Crippen molar-refractivity contribution in [2.24, 2.45) is 0 Å². The zero-order valence-corrected chi connectivity index (χ0v) is 7.89. The molecule has 0 fully saturated rings. The largest absolute Gasteiger partial charge is 0.356 e. The van der Waals surface area contributed by atoms with E-state index < -0.39 is 0 Å². The van der Waals surface area contributed by atoms with Crippen molar-refractivity contribution in [3.05, 3.63) is 11.6 Å². The molecule has 0 heterocycles. The van der Waals surface area contributed by atoms with Crippen LogP contribution in [0.2, 0.25) is 0 Å². The first-order valence-electron chi connectivity index (χ1n) is 3.95. The first-order chi connectivity index (χ1) is 5.24. The summed E-state index contributed by atoms with van der Waals surface area (Å²) >= 11 is 0.